The Hall–Kier alpha value is -3.07. The highest BCUT2D eigenvalue weighted by atomic mass is 32.2. The van der Waals surface area contributed by atoms with Gasteiger partial charge in [-0.15, -0.1) is 0 Å². The van der Waals surface area contributed by atoms with E-state index in [1.165, 1.54) is 6.08 Å². The van der Waals surface area contributed by atoms with Crippen LogP contribution in [0.1, 0.15) is 11.1 Å². The first-order valence-electron chi connectivity index (χ1n) is 8.33. The fourth-order valence-corrected chi connectivity index (χ4v) is 4.38. The molecule has 0 fully saturated rings. The van der Waals surface area contributed by atoms with Gasteiger partial charge in [-0.3, -0.25) is 9.89 Å². The summed E-state index contributed by atoms with van der Waals surface area (Å²) in [4.78, 5) is 15.4. The van der Waals surface area contributed by atoms with Crippen molar-refractivity contribution in [3.8, 4) is 17.0 Å². The molecule has 0 amide bonds. The lowest BCUT2D eigenvalue weighted by molar-refractivity contribution is 0.480. The summed E-state index contributed by atoms with van der Waals surface area (Å²) in [6.45, 7) is 3.93. The van der Waals surface area contributed by atoms with Crippen LogP contribution in [0.15, 0.2) is 34.5 Å². The number of aromatic hydroxyl groups is 1. The Kier molecular flexibility index (Phi) is 3.84. The number of fused-ring (bicyclic) bond motifs is 1. The van der Waals surface area contributed by atoms with Crippen LogP contribution in [0, 0.1) is 13.8 Å². The zero-order valence-corrected chi connectivity index (χ0v) is 15.5. The standard InChI is InChI=1S/C18H18N4O4S/c1-9-3-4-11(7-10(9)2)14-16(23)15-13(18(24)20-14)17(22-21-15)19-12-5-6-27(25,26)8-12/h3-7,12,23H,8H2,1-2H3,(H,20,24)(H2,19,21,22)/t12-/m1/s1. The quantitative estimate of drug-likeness (QED) is 0.545. The summed E-state index contributed by atoms with van der Waals surface area (Å²) in [6.07, 6.45) is 1.51. The Balaban J connectivity index is 1.79. The van der Waals surface area contributed by atoms with E-state index in [0.717, 1.165) is 16.5 Å². The maximum absolute atomic E-state index is 12.7. The van der Waals surface area contributed by atoms with Crippen LogP contribution < -0.4 is 10.9 Å². The molecule has 140 valence electrons. The average molecular weight is 386 g/mol. The molecular weight excluding hydrogens is 368 g/mol. The summed E-state index contributed by atoms with van der Waals surface area (Å²) >= 11 is 0. The number of nitrogens with one attached hydrogen (secondary N) is 3. The van der Waals surface area contributed by atoms with Crippen molar-refractivity contribution in [1.29, 1.82) is 0 Å². The monoisotopic (exact) mass is 386 g/mol. The van der Waals surface area contributed by atoms with Crippen LogP contribution in [0.5, 0.6) is 5.75 Å². The second kappa shape index (κ2) is 5.98. The lowest BCUT2D eigenvalue weighted by Gasteiger charge is -2.10. The predicted molar refractivity (Wildman–Crippen MR) is 104 cm³/mol. The summed E-state index contributed by atoms with van der Waals surface area (Å²) < 4.78 is 23.1. The van der Waals surface area contributed by atoms with E-state index in [9.17, 15) is 18.3 Å². The molecule has 0 bridgehead atoms. The molecule has 0 unspecified atom stereocenters. The Morgan fingerprint density at radius 3 is 2.70 bits per heavy atom. The van der Waals surface area contributed by atoms with E-state index < -0.39 is 21.4 Å². The topological polar surface area (TPSA) is 128 Å². The first-order valence-corrected chi connectivity index (χ1v) is 10.0. The Labute approximate surface area is 154 Å². The van der Waals surface area contributed by atoms with Crippen LogP contribution in [0.2, 0.25) is 0 Å². The van der Waals surface area contributed by atoms with Crippen LogP contribution in [0.3, 0.4) is 0 Å². The van der Waals surface area contributed by atoms with Gasteiger partial charge in [0.2, 0.25) is 0 Å². The molecule has 1 aliphatic rings. The van der Waals surface area contributed by atoms with E-state index in [4.69, 9.17) is 0 Å². The van der Waals surface area contributed by atoms with Gasteiger partial charge in [0, 0.05) is 11.0 Å². The minimum atomic E-state index is -3.24. The van der Waals surface area contributed by atoms with Crippen molar-refractivity contribution in [1.82, 2.24) is 15.2 Å². The number of nitrogens with zero attached hydrogens (tertiary/aromatic N) is 1. The first kappa shape index (κ1) is 17.3. The lowest BCUT2D eigenvalue weighted by Crippen LogP contribution is -2.22. The molecule has 3 heterocycles. The van der Waals surface area contributed by atoms with Gasteiger partial charge in [0.05, 0.1) is 17.5 Å². The van der Waals surface area contributed by atoms with E-state index in [0.29, 0.717) is 11.3 Å². The Morgan fingerprint density at radius 2 is 2.04 bits per heavy atom. The van der Waals surface area contributed by atoms with E-state index in [2.05, 4.69) is 20.5 Å². The predicted octanol–water partition coefficient (Wildman–Crippen LogP) is 1.96. The van der Waals surface area contributed by atoms with Crippen LogP contribution in [0.4, 0.5) is 5.82 Å². The minimum absolute atomic E-state index is 0.105. The van der Waals surface area contributed by atoms with Gasteiger partial charge in [-0.25, -0.2) is 8.42 Å². The normalized spacial score (nSPS) is 18.2. The number of aryl methyl sites for hydroxylation is 2. The highest BCUT2D eigenvalue weighted by Gasteiger charge is 2.24. The number of sulfone groups is 1. The molecule has 27 heavy (non-hydrogen) atoms. The molecule has 1 aliphatic heterocycles. The van der Waals surface area contributed by atoms with Crippen LogP contribution in [-0.4, -0.2) is 40.5 Å². The molecule has 0 aliphatic carbocycles. The summed E-state index contributed by atoms with van der Waals surface area (Å²) in [5.74, 6) is -0.0330. The SMILES string of the molecule is Cc1ccc(-c2[nH]c(=O)c3c(N[C@@H]4C=CS(=O)(=O)C4)n[nH]c3c2O)cc1C. The van der Waals surface area contributed by atoms with Gasteiger partial charge in [-0.2, -0.15) is 5.10 Å². The van der Waals surface area contributed by atoms with Crippen LogP contribution >= 0.6 is 0 Å². The van der Waals surface area contributed by atoms with E-state index in [-0.39, 0.29) is 28.2 Å². The summed E-state index contributed by atoms with van der Waals surface area (Å²) in [6, 6.07) is 5.14. The molecule has 1 aromatic carbocycles. The second-order valence-corrected chi connectivity index (χ2v) is 8.64. The van der Waals surface area contributed by atoms with Crippen LogP contribution in [0.25, 0.3) is 22.2 Å². The molecule has 4 rings (SSSR count). The summed E-state index contributed by atoms with van der Waals surface area (Å²) in [5, 5.41) is 21.6. The average Bonchev–Trinajstić information content (AvgIpc) is 3.17. The second-order valence-electron chi connectivity index (χ2n) is 6.71. The van der Waals surface area contributed by atoms with E-state index in [1.807, 2.05) is 32.0 Å². The van der Waals surface area contributed by atoms with Crippen molar-refractivity contribution >= 4 is 26.6 Å². The van der Waals surface area contributed by atoms with E-state index in [1.54, 1.807) is 0 Å². The molecule has 4 N–H and O–H groups in total. The highest BCUT2D eigenvalue weighted by molar-refractivity contribution is 7.94. The van der Waals surface area contributed by atoms with Gasteiger partial charge in [-0.1, -0.05) is 12.1 Å². The van der Waals surface area contributed by atoms with Gasteiger partial charge in [0.25, 0.3) is 5.56 Å². The fourth-order valence-electron chi connectivity index (χ4n) is 3.15. The maximum Gasteiger partial charge on any atom is 0.261 e. The van der Waals surface area contributed by atoms with Crippen molar-refractivity contribution in [3.05, 3.63) is 51.2 Å². The van der Waals surface area contributed by atoms with Gasteiger partial charge >= 0.3 is 0 Å². The molecule has 0 saturated heterocycles. The van der Waals surface area contributed by atoms with E-state index >= 15 is 0 Å². The van der Waals surface area contributed by atoms with Gasteiger partial charge < -0.3 is 15.4 Å². The molecule has 2 aromatic heterocycles. The summed E-state index contributed by atoms with van der Waals surface area (Å²) in [5.41, 5.74) is 2.89. The van der Waals surface area contributed by atoms with Gasteiger partial charge in [0.15, 0.2) is 21.4 Å². The molecule has 1 atom stereocenters. The maximum atomic E-state index is 12.7. The number of hydrogen-bond donors (Lipinski definition) is 4. The number of aromatic amines is 2. The number of hydrogen-bond acceptors (Lipinski definition) is 6. The van der Waals surface area contributed by atoms with Crippen LogP contribution in [-0.2, 0) is 9.84 Å². The fraction of sp³-hybridized carbons (Fsp3) is 0.222. The smallest absolute Gasteiger partial charge is 0.261 e. The largest absolute Gasteiger partial charge is 0.504 e. The third-order valence-corrected chi connectivity index (χ3v) is 6.15. The number of pyridine rings is 1. The highest BCUT2D eigenvalue weighted by Crippen LogP contribution is 2.34. The molecular formula is C18H18N4O4S. The van der Waals surface area contributed by atoms with Crippen molar-refractivity contribution in [2.45, 2.75) is 19.9 Å². The lowest BCUT2D eigenvalue weighted by atomic mass is 10.0. The molecule has 0 spiro atoms. The number of H-pyrrole nitrogens is 2. The Morgan fingerprint density at radius 1 is 1.26 bits per heavy atom. The zero-order valence-electron chi connectivity index (χ0n) is 14.7. The zero-order chi connectivity index (χ0) is 19.3. The number of rotatable bonds is 3. The number of benzene rings is 1. The van der Waals surface area contributed by atoms with Crippen molar-refractivity contribution in [3.63, 3.8) is 0 Å². The summed E-state index contributed by atoms with van der Waals surface area (Å²) in [7, 11) is -3.24. The van der Waals surface area contributed by atoms with Crippen molar-refractivity contribution in [2.24, 2.45) is 0 Å². The number of aromatic nitrogens is 3. The molecule has 8 nitrogen and oxygen atoms in total. The molecule has 0 saturated carbocycles. The first-order chi connectivity index (χ1) is 12.7. The van der Waals surface area contributed by atoms with Gasteiger partial charge in [0.1, 0.15) is 10.9 Å². The third-order valence-electron chi connectivity index (χ3n) is 4.75. The molecule has 3 aromatic rings. The van der Waals surface area contributed by atoms with Crippen molar-refractivity contribution < 1.29 is 13.5 Å². The molecule has 9 heteroatoms. The third kappa shape index (κ3) is 2.99. The molecule has 0 radical (unpaired) electrons. The Bertz CT molecular complexity index is 1250. The minimum Gasteiger partial charge on any atom is -0.504 e. The number of anilines is 1. The van der Waals surface area contributed by atoms with Crippen molar-refractivity contribution in [2.75, 3.05) is 11.1 Å². The van der Waals surface area contributed by atoms with Gasteiger partial charge in [-0.05, 0) is 37.1 Å².